The highest BCUT2D eigenvalue weighted by atomic mass is 19.1. The molecule has 5 N–H and O–H groups in total. The third-order valence-corrected chi connectivity index (χ3v) is 3.11. The van der Waals surface area contributed by atoms with Gasteiger partial charge in [0, 0.05) is 13.3 Å². The standard InChI is InChI=1S/C15H18FN3O5/c1-8(20)18-12(6-9-4-2-3-5-10(9)16)15(24)19-11(14(17)23)7-13(21)22/h2-5,11-12H,6-7H2,1H3,(H2,17,23)(H,18,20)(H,19,24)(H,21,22)/t11-,12+/m0/s1. The third kappa shape index (κ3) is 6.03. The highest BCUT2D eigenvalue weighted by molar-refractivity contribution is 5.93. The molecule has 0 radical (unpaired) electrons. The Kier molecular flexibility index (Phi) is 6.84. The van der Waals surface area contributed by atoms with Crippen LogP contribution in [-0.4, -0.2) is 40.9 Å². The van der Waals surface area contributed by atoms with Gasteiger partial charge in [-0.25, -0.2) is 4.39 Å². The minimum atomic E-state index is -1.44. The minimum absolute atomic E-state index is 0.170. The van der Waals surface area contributed by atoms with E-state index in [1.54, 1.807) is 6.07 Å². The molecule has 1 aromatic rings. The van der Waals surface area contributed by atoms with Gasteiger partial charge in [0.2, 0.25) is 17.7 Å². The van der Waals surface area contributed by atoms with Crippen LogP contribution < -0.4 is 16.4 Å². The van der Waals surface area contributed by atoms with E-state index in [0.717, 1.165) is 0 Å². The summed E-state index contributed by atoms with van der Waals surface area (Å²) in [6, 6.07) is 3.07. The lowest BCUT2D eigenvalue weighted by Crippen LogP contribution is -2.54. The van der Waals surface area contributed by atoms with E-state index < -0.39 is 48.0 Å². The molecule has 0 unspecified atom stereocenters. The number of amides is 3. The molecule has 0 aliphatic heterocycles. The lowest BCUT2D eigenvalue weighted by atomic mass is 10.0. The number of primary amides is 1. The number of nitrogens with two attached hydrogens (primary N) is 1. The fourth-order valence-electron chi connectivity index (χ4n) is 2.01. The van der Waals surface area contributed by atoms with Gasteiger partial charge < -0.3 is 21.5 Å². The number of carbonyl (C=O) groups is 4. The van der Waals surface area contributed by atoms with Crippen LogP contribution in [0.2, 0.25) is 0 Å². The van der Waals surface area contributed by atoms with Crippen LogP contribution in [-0.2, 0) is 25.6 Å². The molecule has 8 nitrogen and oxygen atoms in total. The van der Waals surface area contributed by atoms with E-state index in [0.29, 0.717) is 0 Å². The summed E-state index contributed by atoms with van der Waals surface area (Å²) < 4.78 is 13.7. The average molecular weight is 339 g/mol. The first-order chi connectivity index (χ1) is 11.2. The van der Waals surface area contributed by atoms with Crippen molar-refractivity contribution in [2.24, 2.45) is 5.73 Å². The van der Waals surface area contributed by atoms with Gasteiger partial charge >= 0.3 is 5.97 Å². The Hall–Kier alpha value is -2.97. The molecular formula is C15H18FN3O5. The van der Waals surface area contributed by atoms with E-state index in [1.165, 1.54) is 25.1 Å². The van der Waals surface area contributed by atoms with Crippen LogP contribution in [0.1, 0.15) is 18.9 Å². The van der Waals surface area contributed by atoms with Gasteiger partial charge in [0.15, 0.2) is 0 Å². The van der Waals surface area contributed by atoms with Crippen LogP contribution in [0.15, 0.2) is 24.3 Å². The number of carboxylic acid groups (broad SMARTS) is 1. The van der Waals surface area contributed by atoms with Crippen molar-refractivity contribution in [2.45, 2.75) is 31.8 Å². The van der Waals surface area contributed by atoms with Crippen LogP contribution in [0.3, 0.4) is 0 Å². The van der Waals surface area contributed by atoms with Gasteiger partial charge in [0.1, 0.15) is 17.9 Å². The SMILES string of the molecule is CC(=O)N[C@H](Cc1ccccc1F)C(=O)N[C@@H](CC(=O)O)C(N)=O. The Morgan fingerprint density at radius 2 is 1.79 bits per heavy atom. The second-order valence-corrected chi connectivity index (χ2v) is 5.11. The maximum atomic E-state index is 13.7. The van der Waals surface area contributed by atoms with E-state index >= 15 is 0 Å². The highest BCUT2D eigenvalue weighted by Crippen LogP contribution is 2.10. The molecule has 0 saturated heterocycles. The van der Waals surface area contributed by atoms with Crippen molar-refractivity contribution >= 4 is 23.7 Å². The second-order valence-electron chi connectivity index (χ2n) is 5.11. The first-order valence-electron chi connectivity index (χ1n) is 7.02. The second kappa shape index (κ2) is 8.61. The van der Waals surface area contributed by atoms with Gasteiger partial charge in [-0.15, -0.1) is 0 Å². The first-order valence-corrected chi connectivity index (χ1v) is 7.02. The molecule has 3 amide bonds. The van der Waals surface area contributed by atoms with Gasteiger partial charge in [-0.05, 0) is 11.6 Å². The molecule has 0 aliphatic rings. The van der Waals surface area contributed by atoms with Crippen molar-refractivity contribution < 1.29 is 28.7 Å². The maximum Gasteiger partial charge on any atom is 0.305 e. The Morgan fingerprint density at radius 3 is 2.29 bits per heavy atom. The molecule has 0 heterocycles. The third-order valence-electron chi connectivity index (χ3n) is 3.11. The lowest BCUT2D eigenvalue weighted by Gasteiger charge is -2.21. The smallest absolute Gasteiger partial charge is 0.305 e. The number of hydrogen-bond donors (Lipinski definition) is 4. The Balaban J connectivity index is 2.92. The normalized spacial score (nSPS) is 12.8. The van der Waals surface area contributed by atoms with Gasteiger partial charge in [-0.2, -0.15) is 0 Å². The van der Waals surface area contributed by atoms with Gasteiger partial charge in [-0.1, -0.05) is 18.2 Å². The summed E-state index contributed by atoms with van der Waals surface area (Å²) in [7, 11) is 0. The Bertz CT molecular complexity index is 650. The van der Waals surface area contributed by atoms with Crippen molar-refractivity contribution in [3.8, 4) is 0 Å². The van der Waals surface area contributed by atoms with Crippen LogP contribution in [0, 0.1) is 5.82 Å². The van der Waals surface area contributed by atoms with Crippen molar-refractivity contribution in [3.05, 3.63) is 35.6 Å². The molecule has 0 aliphatic carbocycles. The van der Waals surface area contributed by atoms with E-state index in [2.05, 4.69) is 10.6 Å². The zero-order valence-electron chi connectivity index (χ0n) is 12.9. The van der Waals surface area contributed by atoms with Gasteiger partial charge in [0.25, 0.3) is 0 Å². The predicted molar refractivity (Wildman–Crippen MR) is 81.1 cm³/mol. The zero-order chi connectivity index (χ0) is 18.3. The molecule has 0 saturated carbocycles. The first kappa shape index (κ1) is 19.1. The fraction of sp³-hybridized carbons (Fsp3) is 0.333. The Morgan fingerprint density at radius 1 is 1.17 bits per heavy atom. The molecule has 9 heteroatoms. The molecule has 24 heavy (non-hydrogen) atoms. The summed E-state index contributed by atoms with van der Waals surface area (Å²) in [5.74, 6) is -4.29. The average Bonchev–Trinajstić information content (AvgIpc) is 2.47. The molecule has 130 valence electrons. The number of halogens is 1. The van der Waals surface area contributed by atoms with E-state index in [1.807, 2.05) is 0 Å². The van der Waals surface area contributed by atoms with Crippen molar-refractivity contribution in [1.29, 1.82) is 0 Å². The molecule has 1 aromatic carbocycles. The summed E-state index contributed by atoms with van der Waals surface area (Å²) in [4.78, 5) is 45.4. The molecular weight excluding hydrogens is 321 g/mol. The predicted octanol–water partition coefficient (Wildman–Crippen LogP) is -0.682. The molecule has 0 bridgehead atoms. The molecule has 0 fully saturated rings. The molecule has 2 atom stereocenters. The van der Waals surface area contributed by atoms with Gasteiger partial charge in [-0.3, -0.25) is 19.2 Å². The summed E-state index contributed by atoms with van der Waals surface area (Å²) in [5, 5.41) is 13.2. The quantitative estimate of drug-likeness (QED) is 0.497. The van der Waals surface area contributed by atoms with Crippen LogP contribution >= 0.6 is 0 Å². The number of aliphatic carboxylic acids is 1. The highest BCUT2D eigenvalue weighted by Gasteiger charge is 2.27. The number of nitrogens with one attached hydrogen (secondary N) is 2. The molecule has 1 rings (SSSR count). The summed E-state index contributed by atoms with van der Waals surface area (Å²) in [6.07, 6.45) is -0.871. The summed E-state index contributed by atoms with van der Waals surface area (Å²) >= 11 is 0. The fourth-order valence-corrected chi connectivity index (χ4v) is 2.01. The summed E-state index contributed by atoms with van der Waals surface area (Å²) in [5.41, 5.74) is 5.23. The number of hydrogen-bond acceptors (Lipinski definition) is 4. The number of carboxylic acids is 1. The minimum Gasteiger partial charge on any atom is -0.481 e. The maximum absolute atomic E-state index is 13.7. The van der Waals surface area contributed by atoms with Crippen LogP contribution in [0.5, 0.6) is 0 Å². The largest absolute Gasteiger partial charge is 0.481 e. The van der Waals surface area contributed by atoms with Gasteiger partial charge in [0.05, 0.1) is 6.42 Å². The molecule has 0 aromatic heterocycles. The Labute approximate surface area is 137 Å². The van der Waals surface area contributed by atoms with Crippen LogP contribution in [0.25, 0.3) is 0 Å². The van der Waals surface area contributed by atoms with Crippen molar-refractivity contribution in [1.82, 2.24) is 10.6 Å². The number of benzene rings is 1. The van der Waals surface area contributed by atoms with Crippen molar-refractivity contribution in [2.75, 3.05) is 0 Å². The van der Waals surface area contributed by atoms with E-state index in [-0.39, 0.29) is 12.0 Å². The van der Waals surface area contributed by atoms with Crippen LogP contribution in [0.4, 0.5) is 4.39 Å². The number of carbonyl (C=O) groups excluding carboxylic acids is 3. The lowest BCUT2D eigenvalue weighted by molar-refractivity contribution is -0.140. The summed E-state index contributed by atoms with van der Waals surface area (Å²) in [6.45, 7) is 1.17. The van der Waals surface area contributed by atoms with Crippen molar-refractivity contribution in [3.63, 3.8) is 0 Å². The topological polar surface area (TPSA) is 139 Å². The van der Waals surface area contributed by atoms with E-state index in [4.69, 9.17) is 10.8 Å². The van der Waals surface area contributed by atoms with E-state index in [9.17, 15) is 23.6 Å². The number of rotatable bonds is 8. The molecule has 0 spiro atoms. The monoisotopic (exact) mass is 339 g/mol. The zero-order valence-corrected chi connectivity index (χ0v) is 12.9.